The summed E-state index contributed by atoms with van der Waals surface area (Å²) in [5.41, 5.74) is 2.97. The zero-order valence-corrected chi connectivity index (χ0v) is 18.4. The standard InChI is InChI=1S/C24H30N2O5/c1-14(2)10-22(27)26-13-16(12-21(26)24(28)29)31-23-17-6-4-5-7-19(17)25-20-11-15(30-3)8-9-18(20)23/h8-9,11,14,16,21H,4-7,10,12-13H2,1-3H3,(H,28,29)/t16-,21+/m1/s1. The third-order valence-electron chi connectivity index (χ3n) is 6.15. The van der Waals surface area contributed by atoms with Gasteiger partial charge >= 0.3 is 5.97 Å². The van der Waals surface area contributed by atoms with Crippen molar-refractivity contribution >= 4 is 22.8 Å². The maximum atomic E-state index is 12.7. The molecule has 0 bridgehead atoms. The summed E-state index contributed by atoms with van der Waals surface area (Å²) in [7, 11) is 1.63. The maximum Gasteiger partial charge on any atom is 0.326 e. The van der Waals surface area contributed by atoms with Gasteiger partial charge in [-0.1, -0.05) is 13.8 Å². The number of ether oxygens (including phenoxy) is 2. The number of pyridine rings is 1. The van der Waals surface area contributed by atoms with Crippen molar-refractivity contribution in [3.63, 3.8) is 0 Å². The van der Waals surface area contributed by atoms with E-state index < -0.39 is 12.0 Å². The number of methoxy groups -OCH3 is 1. The number of fused-ring (bicyclic) bond motifs is 2. The van der Waals surface area contributed by atoms with E-state index >= 15 is 0 Å². The number of hydrogen-bond acceptors (Lipinski definition) is 5. The van der Waals surface area contributed by atoms with Crippen LogP contribution in [0.1, 0.15) is 50.8 Å². The molecule has 2 heterocycles. The molecular formula is C24H30N2O5. The molecule has 0 radical (unpaired) electrons. The molecule has 2 aromatic rings. The largest absolute Gasteiger partial charge is 0.497 e. The number of hydrogen-bond donors (Lipinski definition) is 1. The SMILES string of the molecule is COc1ccc2c(O[C@@H]3C[C@@H](C(=O)O)N(C(=O)CC(C)C)C3)c3c(nc2c1)CCCC3. The Labute approximate surface area is 182 Å². The molecule has 1 aromatic heterocycles. The highest BCUT2D eigenvalue weighted by atomic mass is 16.5. The predicted molar refractivity (Wildman–Crippen MR) is 117 cm³/mol. The molecule has 2 atom stereocenters. The molecule has 31 heavy (non-hydrogen) atoms. The summed E-state index contributed by atoms with van der Waals surface area (Å²) in [6, 6.07) is 4.90. The van der Waals surface area contributed by atoms with E-state index in [-0.39, 0.29) is 30.9 Å². The van der Waals surface area contributed by atoms with Crippen molar-refractivity contribution in [2.75, 3.05) is 13.7 Å². The van der Waals surface area contributed by atoms with E-state index in [0.29, 0.717) is 6.42 Å². The highest BCUT2D eigenvalue weighted by molar-refractivity contribution is 5.88. The van der Waals surface area contributed by atoms with Gasteiger partial charge in [-0.2, -0.15) is 0 Å². The number of carbonyl (C=O) groups excluding carboxylic acids is 1. The molecule has 7 nitrogen and oxygen atoms in total. The number of rotatable bonds is 6. The Morgan fingerprint density at radius 1 is 1.26 bits per heavy atom. The summed E-state index contributed by atoms with van der Waals surface area (Å²) in [6.07, 6.45) is 4.23. The van der Waals surface area contributed by atoms with Crippen LogP contribution >= 0.6 is 0 Å². The lowest BCUT2D eigenvalue weighted by Crippen LogP contribution is -2.41. The first-order chi connectivity index (χ1) is 14.9. The zero-order valence-electron chi connectivity index (χ0n) is 18.4. The second-order valence-corrected chi connectivity index (χ2v) is 8.93. The molecule has 166 valence electrons. The number of amides is 1. The average Bonchev–Trinajstić information content (AvgIpc) is 3.17. The lowest BCUT2D eigenvalue weighted by molar-refractivity contribution is -0.148. The Kier molecular flexibility index (Phi) is 6.03. The molecule has 0 saturated carbocycles. The fourth-order valence-electron chi connectivity index (χ4n) is 4.65. The molecule has 4 rings (SSSR count). The van der Waals surface area contributed by atoms with Crippen molar-refractivity contribution in [1.82, 2.24) is 9.88 Å². The van der Waals surface area contributed by atoms with Gasteiger partial charge in [0.15, 0.2) is 0 Å². The van der Waals surface area contributed by atoms with E-state index in [2.05, 4.69) is 0 Å². The molecule has 1 amide bonds. The minimum atomic E-state index is -0.977. The van der Waals surface area contributed by atoms with E-state index in [9.17, 15) is 14.7 Å². The monoisotopic (exact) mass is 426 g/mol. The number of aryl methyl sites for hydroxylation is 1. The van der Waals surface area contributed by atoms with Gasteiger partial charge in [-0.3, -0.25) is 9.78 Å². The number of nitrogens with zero attached hydrogens (tertiary/aromatic N) is 2. The van der Waals surface area contributed by atoms with Crippen LogP contribution < -0.4 is 9.47 Å². The second kappa shape index (κ2) is 8.73. The molecule has 1 fully saturated rings. The van der Waals surface area contributed by atoms with Gasteiger partial charge in [0, 0.05) is 35.6 Å². The van der Waals surface area contributed by atoms with Gasteiger partial charge < -0.3 is 19.5 Å². The number of likely N-dealkylation sites (tertiary alicyclic amines) is 1. The molecule has 1 aliphatic heterocycles. The van der Waals surface area contributed by atoms with Gasteiger partial charge in [-0.15, -0.1) is 0 Å². The fourth-order valence-corrected chi connectivity index (χ4v) is 4.65. The summed E-state index contributed by atoms with van der Waals surface area (Å²) in [5, 5.41) is 10.6. The van der Waals surface area contributed by atoms with E-state index in [4.69, 9.17) is 14.5 Å². The lowest BCUT2D eigenvalue weighted by atomic mass is 9.93. The first-order valence-corrected chi connectivity index (χ1v) is 11.1. The number of benzene rings is 1. The van der Waals surface area contributed by atoms with E-state index in [1.807, 2.05) is 32.0 Å². The van der Waals surface area contributed by atoms with Crippen molar-refractivity contribution in [2.24, 2.45) is 5.92 Å². The van der Waals surface area contributed by atoms with Gasteiger partial charge in [0.1, 0.15) is 23.6 Å². The molecule has 1 saturated heterocycles. The van der Waals surface area contributed by atoms with Gasteiger partial charge in [0.05, 0.1) is 19.2 Å². The minimum absolute atomic E-state index is 0.125. The van der Waals surface area contributed by atoms with Gasteiger partial charge in [-0.05, 0) is 43.7 Å². The second-order valence-electron chi connectivity index (χ2n) is 8.93. The Morgan fingerprint density at radius 2 is 2.03 bits per heavy atom. The number of carboxylic acid groups (broad SMARTS) is 1. The molecule has 2 aliphatic rings. The number of carbonyl (C=O) groups is 2. The van der Waals surface area contributed by atoms with Crippen molar-refractivity contribution < 1.29 is 24.2 Å². The highest BCUT2D eigenvalue weighted by Gasteiger charge is 2.41. The summed E-state index contributed by atoms with van der Waals surface area (Å²) in [5.74, 6) is 0.594. The van der Waals surface area contributed by atoms with Crippen molar-refractivity contribution in [2.45, 2.75) is 64.5 Å². The van der Waals surface area contributed by atoms with Crippen molar-refractivity contribution in [3.05, 3.63) is 29.5 Å². The Hall–Kier alpha value is -2.83. The van der Waals surface area contributed by atoms with Crippen LogP contribution in [-0.4, -0.2) is 52.7 Å². The lowest BCUT2D eigenvalue weighted by Gasteiger charge is -2.24. The van der Waals surface area contributed by atoms with Crippen LogP contribution in [0.15, 0.2) is 18.2 Å². The Balaban J connectivity index is 1.67. The first-order valence-electron chi connectivity index (χ1n) is 11.1. The normalized spacial score (nSPS) is 20.7. The van der Waals surface area contributed by atoms with Gasteiger partial charge in [0.2, 0.25) is 5.91 Å². The third-order valence-corrected chi connectivity index (χ3v) is 6.15. The van der Waals surface area contributed by atoms with Crippen LogP contribution in [0.3, 0.4) is 0 Å². The Morgan fingerprint density at radius 3 is 2.74 bits per heavy atom. The molecule has 7 heteroatoms. The quantitative estimate of drug-likeness (QED) is 0.759. The smallest absolute Gasteiger partial charge is 0.326 e. The number of aromatic nitrogens is 1. The van der Waals surface area contributed by atoms with Gasteiger partial charge in [-0.25, -0.2) is 4.79 Å². The maximum absolute atomic E-state index is 12.7. The van der Waals surface area contributed by atoms with E-state index in [0.717, 1.165) is 59.3 Å². The molecule has 1 aliphatic carbocycles. The predicted octanol–water partition coefficient (Wildman–Crippen LogP) is 3.60. The van der Waals surface area contributed by atoms with Crippen LogP contribution in [0.25, 0.3) is 10.9 Å². The molecule has 0 unspecified atom stereocenters. The molecular weight excluding hydrogens is 396 g/mol. The zero-order chi connectivity index (χ0) is 22.1. The fraction of sp³-hybridized carbons (Fsp3) is 0.542. The highest BCUT2D eigenvalue weighted by Crippen LogP contribution is 2.38. The van der Waals surface area contributed by atoms with E-state index in [1.54, 1.807) is 7.11 Å². The number of carboxylic acids is 1. The van der Waals surface area contributed by atoms with Crippen LogP contribution in [0, 0.1) is 5.92 Å². The topological polar surface area (TPSA) is 89.0 Å². The first kappa shape index (κ1) is 21.4. The van der Waals surface area contributed by atoms with E-state index in [1.165, 1.54) is 4.90 Å². The van der Waals surface area contributed by atoms with Crippen molar-refractivity contribution in [3.8, 4) is 11.5 Å². The molecule has 0 spiro atoms. The van der Waals surface area contributed by atoms with Crippen LogP contribution in [0.5, 0.6) is 11.5 Å². The van der Waals surface area contributed by atoms with Gasteiger partial charge in [0.25, 0.3) is 0 Å². The van der Waals surface area contributed by atoms with Crippen LogP contribution in [0.4, 0.5) is 0 Å². The molecule has 1 N–H and O–H groups in total. The summed E-state index contributed by atoms with van der Waals surface area (Å²) < 4.78 is 11.9. The molecule has 1 aromatic carbocycles. The Bertz CT molecular complexity index is 1000. The summed E-state index contributed by atoms with van der Waals surface area (Å²) in [4.78, 5) is 30.8. The van der Waals surface area contributed by atoms with Crippen LogP contribution in [-0.2, 0) is 22.4 Å². The summed E-state index contributed by atoms with van der Waals surface area (Å²) >= 11 is 0. The number of aliphatic carboxylic acids is 1. The minimum Gasteiger partial charge on any atom is -0.497 e. The third kappa shape index (κ3) is 4.31. The van der Waals surface area contributed by atoms with Crippen molar-refractivity contribution in [1.29, 1.82) is 0 Å². The summed E-state index contributed by atoms with van der Waals surface area (Å²) in [6.45, 7) is 4.21. The average molecular weight is 427 g/mol. The van der Waals surface area contributed by atoms with Crippen LogP contribution in [0.2, 0.25) is 0 Å².